The van der Waals surface area contributed by atoms with E-state index in [1.807, 2.05) is 0 Å². The van der Waals surface area contributed by atoms with E-state index in [-0.39, 0.29) is 13.0 Å². The number of esters is 2. The van der Waals surface area contributed by atoms with E-state index in [4.69, 9.17) is 14.2 Å². The van der Waals surface area contributed by atoms with E-state index in [1.54, 1.807) is 6.92 Å². The van der Waals surface area contributed by atoms with E-state index < -0.39 is 47.7 Å². The summed E-state index contributed by atoms with van der Waals surface area (Å²) < 4.78 is 19.2. The number of aromatic nitrogens is 5. The molecule has 0 saturated carbocycles. The quantitative estimate of drug-likeness (QED) is 0.623. The number of ether oxygens (including phenoxy) is 3. The van der Waals surface area contributed by atoms with Crippen LogP contribution in [0.25, 0.3) is 0 Å². The van der Waals surface area contributed by atoms with Crippen molar-refractivity contribution in [1.82, 2.24) is 24.3 Å². The Morgan fingerprint density at radius 3 is 2.72 bits per heavy atom. The van der Waals surface area contributed by atoms with Gasteiger partial charge < -0.3 is 14.2 Å². The third-order valence-electron chi connectivity index (χ3n) is 4.50. The van der Waals surface area contributed by atoms with Crippen molar-refractivity contribution in [3.05, 3.63) is 45.3 Å². The average Bonchev–Trinajstić information content (AvgIpc) is 3.30. The van der Waals surface area contributed by atoms with Crippen LogP contribution in [0.1, 0.15) is 38.1 Å². The standard InChI is InChI=1S/C17H21N5O7/c1-9-5-21(17(26)20-16(9)25)14-4-12(22-8-18-7-19-22)15(29-14)13(28-11(3)24)6-27-10(2)23/h5,7-8,12-15H,4,6H2,1-3H3,(H,20,25,26)/t12-,13+,14-,15-/m0/s1. The van der Waals surface area contributed by atoms with Gasteiger partial charge in [-0.1, -0.05) is 0 Å². The number of hydrogen-bond donors (Lipinski definition) is 1. The lowest BCUT2D eigenvalue weighted by molar-refractivity contribution is -0.169. The van der Waals surface area contributed by atoms with Crippen LogP contribution in [-0.2, 0) is 23.8 Å². The Labute approximate surface area is 164 Å². The molecular formula is C17H21N5O7. The summed E-state index contributed by atoms with van der Waals surface area (Å²) in [7, 11) is 0. The minimum Gasteiger partial charge on any atom is -0.462 e. The first-order valence-corrected chi connectivity index (χ1v) is 8.88. The highest BCUT2D eigenvalue weighted by Crippen LogP contribution is 2.38. The van der Waals surface area contributed by atoms with Crippen LogP contribution in [0.15, 0.2) is 28.4 Å². The van der Waals surface area contributed by atoms with Crippen LogP contribution in [-0.4, -0.2) is 55.1 Å². The SMILES string of the molecule is CC(=O)OC[C@@H](OC(C)=O)[C@H]1O[C@H](n2cc(C)c(=O)[nH]c2=O)C[C@@H]1n1cncn1. The van der Waals surface area contributed by atoms with Gasteiger partial charge in [0.25, 0.3) is 5.56 Å². The molecule has 0 bridgehead atoms. The lowest BCUT2D eigenvalue weighted by atomic mass is 10.1. The molecule has 0 spiro atoms. The van der Waals surface area contributed by atoms with Gasteiger partial charge in [0.2, 0.25) is 0 Å². The highest BCUT2D eigenvalue weighted by molar-refractivity contribution is 5.67. The lowest BCUT2D eigenvalue weighted by Crippen LogP contribution is -2.40. The van der Waals surface area contributed by atoms with Crippen LogP contribution in [0, 0.1) is 6.92 Å². The zero-order valence-corrected chi connectivity index (χ0v) is 16.1. The van der Waals surface area contributed by atoms with Gasteiger partial charge in [-0.25, -0.2) is 14.5 Å². The number of hydrogen-bond acceptors (Lipinski definition) is 9. The highest BCUT2D eigenvalue weighted by atomic mass is 16.6. The molecule has 1 N–H and O–H groups in total. The van der Waals surface area contributed by atoms with Gasteiger partial charge in [-0.05, 0) is 6.92 Å². The van der Waals surface area contributed by atoms with E-state index in [1.165, 1.54) is 41.9 Å². The number of nitrogens with one attached hydrogen (secondary N) is 1. The number of rotatable bonds is 6. The van der Waals surface area contributed by atoms with Crippen LogP contribution in [0.2, 0.25) is 0 Å². The highest BCUT2D eigenvalue weighted by Gasteiger charge is 2.44. The summed E-state index contributed by atoms with van der Waals surface area (Å²) >= 11 is 0. The molecule has 1 aliphatic heterocycles. The van der Waals surface area contributed by atoms with Gasteiger partial charge in [-0.3, -0.25) is 23.9 Å². The molecule has 156 valence electrons. The number of aromatic amines is 1. The average molecular weight is 407 g/mol. The van der Waals surface area contributed by atoms with Gasteiger partial charge in [0, 0.05) is 32.0 Å². The second-order valence-electron chi connectivity index (χ2n) is 6.66. The molecule has 4 atom stereocenters. The van der Waals surface area contributed by atoms with Crippen molar-refractivity contribution in [3.63, 3.8) is 0 Å². The van der Waals surface area contributed by atoms with Crippen LogP contribution in [0.5, 0.6) is 0 Å². The molecule has 1 saturated heterocycles. The molecule has 0 amide bonds. The number of nitrogens with zero attached hydrogens (tertiary/aromatic N) is 4. The number of aryl methyl sites for hydroxylation is 1. The molecule has 0 aromatic carbocycles. The minimum atomic E-state index is -0.935. The van der Waals surface area contributed by atoms with Crippen molar-refractivity contribution in [2.24, 2.45) is 0 Å². The Kier molecular flexibility index (Phi) is 5.92. The summed E-state index contributed by atoms with van der Waals surface area (Å²) in [5.41, 5.74) is -0.778. The van der Waals surface area contributed by atoms with Crippen molar-refractivity contribution in [2.45, 2.75) is 51.7 Å². The largest absolute Gasteiger partial charge is 0.462 e. The van der Waals surface area contributed by atoms with Gasteiger partial charge in [0.05, 0.1) is 6.04 Å². The molecule has 3 heterocycles. The molecule has 1 fully saturated rings. The van der Waals surface area contributed by atoms with E-state index in [0.29, 0.717) is 5.56 Å². The molecule has 29 heavy (non-hydrogen) atoms. The molecule has 0 unspecified atom stereocenters. The summed E-state index contributed by atoms with van der Waals surface area (Å²) in [5, 5.41) is 4.12. The van der Waals surface area contributed by atoms with E-state index >= 15 is 0 Å². The first-order valence-electron chi connectivity index (χ1n) is 8.88. The molecule has 2 aromatic heterocycles. The Bertz CT molecular complexity index is 996. The first-order chi connectivity index (χ1) is 13.8. The maximum atomic E-state index is 12.3. The molecule has 3 rings (SSSR count). The third kappa shape index (κ3) is 4.59. The maximum absolute atomic E-state index is 12.3. The van der Waals surface area contributed by atoms with Crippen LogP contribution >= 0.6 is 0 Å². The molecule has 0 radical (unpaired) electrons. The van der Waals surface area contributed by atoms with Gasteiger partial charge in [0.1, 0.15) is 31.6 Å². The molecular weight excluding hydrogens is 386 g/mol. The van der Waals surface area contributed by atoms with Gasteiger partial charge in [-0.15, -0.1) is 0 Å². The van der Waals surface area contributed by atoms with Gasteiger partial charge in [0.15, 0.2) is 6.10 Å². The van der Waals surface area contributed by atoms with E-state index in [9.17, 15) is 19.2 Å². The predicted molar refractivity (Wildman–Crippen MR) is 95.8 cm³/mol. The summed E-state index contributed by atoms with van der Waals surface area (Å²) in [5.74, 6) is -1.12. The third-order valence-corrected chi connectivity index (χ3v) is 4.50. The van der Waals surface area contributed by atoms with Crippen molar-refractivity contribution in [3.8, 4) is 0 Å². The Morgan fingerprint density at radius 2 is 2.10 bits per heavy atom. The molecule has 12 heteroatoms. The fourth-order valence-electron chi connectivity index (χ4n) is 3.24. The number of carbonyl (C=O) groups excluding carboxylic acids is 2. The number of carbonyl (C=O) groups is 2. The minimum absolute atomic E-state index is 0.225. The van der Waals surface area contributed by atoms with Crippen molar-refractivity contribution < 1.29 is 23.8 Å². The zero-order valence-electron chi connectivity index (χ0n) is 16.1. The first kappa shape index (κ1) is 20.5. The topological polar surface area (TPSA) is 147 Å². The second-order valence-corrected chi connectivity index (χ2v) is 6.66. The lowest BCUT2D eigenvalue weighted by Gasteiger charge is -2.26. The van der Waals surface area contributed by atoms with Crippen molar-refractivity contribution >= 4 is 11.9 Å². The van der Waals surface area contributed by atoms with Crippen LogP contribution < -0.4 is 11.2 Å². The molecule has 1 aliphatic rings. The Hall–Kier alpha value is -3.28. The number of H-pyrrole nitrogens is 1. The zero-order chi connectivity index (χ0) is 21.1. The van der Waals surface area contributed by atoms with Gasteiger partial charge in [-0.2, -0.15) is 5.10 Å². The normalized spacial score (nSPS) is 22.2. The predicted octanol–water partition coefficient (Wildman–Crippen LogP) is -0.540. The molecule has 12 nitrogen and oxygen atoms in total. The van der Waals surface area contributed by atoms with E-state index in [2.05, 4.69) is 15.1 Å². The smallest absolute Gasteiger partial charge is 0.330 e. The van der Waals surface area contributed by atoms with Crippen molar-refractivity contribution in [2.75, 3.05) is 6.61 Å². The Morgan fingerprint density at radius 1 is 1.34 bits per heavy atom. The Balaban J connectivity index is 1.95. The van der Waals surface area contributed by atoms with Crippen LogP contribution in [0.4, 0.5) is 0 Å². The fourth-order valence-corrected chi connectivity index (χ4v) is 3.24. The summed E-state index contributed by atoms with van der Waals surface area (Å²) in [6.07, 6.45) is 2.00. The van der Waals surface area contributed by atoms with E-state index in [0.717, 1.165) is 0 Å². The molecule has 0 aliphatic carbocycles. The summed E-state index contributed by atoms with van der Waals surface area (Å²) in [6, 6.07) is -0.471. The summed E-state index contributed by atoms with van der Waals surface area (Å²) in [6.45, 7) is 3.81. The maximum Gasteiger partial charge on any atom is 0.330 e. The molecule has 2 aromatic rings. The van der Waals surface area contributed by atoms with Crippen LogP contribution in [0.3, 0.4) is 0 Å². The second kappa shape index (κ2) is 8.39. The fraction of sp³-hybridized carbons (Fsp3) is 0.529. The monoisotopic (exact) mass is 407 g/mol. The van der Waals surface area contributed by atoms with Gasteiger partial charge >= 0.3 is 17.6 Å². The summed E-state index contributed by atoms with van der Waals surface area (Å²) in [4.78, 5) is 52.9. The van der Waals surface area contributed by atoms with Crippen molar-refractivity contribution in [1.29, 1.82) is 0 Å².